The summed E-state index contributed by atoms with van der Waals surface area (Å²) in [5.41, 5.74) is 9.76. The highest BCUT2D eigenvalue weighted by atomic mass is 32.2. The first-order valence-corrected chi connectivity index (χ1v) is 9.11. The van der Waals surface area contributed by atoms with Crippen molar-refractivity contribution in [3.05, 3.63) is 41.5 Å². The molecule has 1 heterocycles. The third-order valence-corrected chi connectivity index (χ3v) is 5.43. The number of carbonyl (C=O) groups excluding carboxylic acids is 1. The van der Waals surface area contributed by atoms with Crippen molar-refractivity contribution in [1.29, 1.82) is 0 Å². The zero-order valence-corrected chi connectivity index (χ0v) is 14.5. The topological polar surface area (TPSA) is 157 Å². The Morgan fingerprint density at radius 3 is 2.81 bits per heavy atom. The SMILES string of the molecule is NNC(=O)Cc1cc(N)ccc1S(=O)(=O)Nc1cc2c(cc1O)COB2. The first kappa shape index (κ1) is 18.0. The molecule has 0 saturated heterocycles. The first-order valence-electron chi connectivity index (χ1n) is 7.63. The van der Waals surface area contributed by atoms with Crippen LogP contribution in [0.4, 0.5) is 11.4 Å². The van der Waals surface area contributed by atoms with Crippen LogP contribution in [0.15, 0.2) is 35.2 Å². The average Bonchev–Trinajstić information content (AvgIpc) is 3.01. The number of aromatic hydroxyl groups is 1. The second kappa shape index (κ2) is 6.86. The molecule has 1 amide bonds. The Labute approximate surface area is 150 Å². The van der Waals surface area contributed by atoms with E-state index in [9.17, 15) is 18.3 Å². The number of hydrazine groups is 1. The monoisotopic (exact) mass is 376 g/mol. The van der Waals surface area contributed by atoms with E-state index in [-0.39, 0.29) is 28.3 Å². The van der Waals surface area contributed by atoms with Crippen LogP contribution in [-0.2, 0) is 32.5 Å². The summed E-state index contributed by atoms with van der Waals surface area (Å²) in [6.45, 7) is 0.367. The van der Waals surface area contributed by atoms with Gasteiger partial charge in [-0.1, -0.05) is 0 Å². The molecule has 0 unspecified atom stereocenters. The second-order valence-electron chi connectivity index (χ2n) is 5.85. The average molecular weight is 376 g/mol. The van der Waals surface area contributed by atoms with Gasteiger partial charge in [-0.15, -0.1) is 0 Å². The van der Waals surface area contributed by atoms with Gasteiger partial charge in [-0.2, -0.15) is 0 Å². The fourth-order valence-corrected chi connectivity index (χ4v) is 4.01. The zero-order valence-electron chi connectivity index (χ0n) is 13.7. The lowest BCUT2D eigenvalue weighted by atomic mass is 9.87. The van der Waals surface area contributed by atoms with Gasteiger partial charge in [0.1, 0.15) is 5.75 Å². The van der Waals surface area contributed by atoms with Gasteiger partial charge < -0.3 is 15.5 Å². The van der Waals surface area contributed by atoms with Gasteiger partial charge in [0.2, 0.25) is 5.91 Å². The summed E-state index contributed by atoms with van der Waals surface area (Å²) in [6.07, 6.45) is -0.262. The number of rotatable bonds is 5. The third-order valence-electron chi connectivity index (χ3n) is 3.96. The third kappa shape index (κ3) is 3.59. The van der Waals surface area contributed by atoms with Gasteiger partial charge in [0, 0.05) is 5.69 Å². The molecular formula is C15H17BN4O5S. The molecule has 0 bridgehead atoms. The highest BCUT2D eigenvalue weighted by Gasteiger charge is 2.23. The van der Waals surface area contributed by atoms with Crippen LogP contribution in [0.25, 0.3) is 0 Å². The largest absolute Gasteiger partial charge is 0.506 e. The van der Waals surface area contributed by atoms with E-state index in [4.69, 9.17) is 16.2 Å². The van der Waals surface area contributed by atoms with Crippen molar-refractivity contribution in [2.75, 3.05) is 10.5 Å². The molecule has 2 aromatic carbocycles. The fraction of sp³-hybridized carbons (Fsp3) is 0.133. The van der Waals surface area contributed by atoms with Crippen LogP contribution in [0.2, 0.25) is 0 Å². The van der Waals surface area contributed by atoms with E-state index >= 15 is 0 Å². The molecule has 26 heavy (non-hydrogen) atoms. The highest BCUT2D eigenvalue weighted by molar-refractivity contribution is 7.92. The molecule has 3 rings (SSSR count). The predicted octanol–water partition coefficient (Wildman–Crippen LogP) is -1.19. The number of fused-ring (bicyclic) bond motifs is 1. The van der Waals surface area contributed by atoms with E-state index in [2.05, 4.69) is 4.72 Å². The first-order chi connectivity index (χ1) is 12.3. The summed E-state index contributed by atoms with van der Waals surface area (Å²) in [7, 11) is -3.74. The number of nitrogens with two attached hydrogens (primary N) is 2. The number of hydrogen-bond acceptors (Lipinski definition) is 7. The minimum Gasteiger partial charge on any atom is -0.506 e. The minimum absolute atomic E-state index is 0.0281. The lowest BCUT2D eigenvalue weighted by molar-refractivity contribution is -0.120. The fourth-order valence-electron chi connectivity index (χ4n) is 2.72. The van der Waals surface area contributed by atoms with Gasteiger partial charge >= 0.3 is 7.48 Å². The summed E-state index contributed by atoms with van der Waals surface area (Å²) in [6, 6.07) is 7.09. The maximum Gasteiger partial charge on any atom is 0.309 e. The zero-order chi connectivity index (χ0) is 18.9. The van der Waals surface area contributed by atoms with Gasteiger partial charge in [0.05, 0.1) is 23.6 Å². The van der Waals surface area contributed by atoms with Crippen molar-refractivity contribution < 1.29 is 23.0 Å². The summed E-state index contributed by atoms with van der Waals surface area (Å²) in [5, 5.41) is 10.1. The summed E-state index contributed by atoms with van der Waals surface area (Å²) in [5.74, 6) is 4.29. The Hall–Kier alpha value is -2.76. The smallest absolute Gasteiger partial charge is 0.309 e. The molecule has 2 aromatic rings. The number of carbonyl (C=O) groups is 1. The summed E-state index contributed by atoms with van der Waals surface area (Å²) in [4.78, 5) is 11.4. The Balaban J connectivity index is 1.98. The minimum atomic E-state index is -4.08. The molecule has 136 valence electrons. The molecule has 7 N–H and O–H groups in total. The van der Waals surface area contributed by atoms with Crippen LogP contribution >= 0.6 is 0 Å². The van der Waals surface area contributed by atoms with Gasteiger partial charge in [-0.3, -0.25) is 14.9 Å². The summed E-state index contributed by atoms with van der Waals surface area (Å²) >= 11 is 0. The van der Waals surface area contributed by atoms with Gasteiger partial charge in [-0.25, -0.2) is 14.3 Å². The lowest BCUT2D eigenvalue weighted by Crippen LogP contribution is -2.32. The standard InChI is InChI=1S/C15H17BN4O5S/c17-10-1-2-14(8(3-10)5-15(22)19-18)26(23,24)20-12-6-11-9(4-13(12)21)7-25-16-11/h1-4,6,16,20-21H,5,7,17-18H2,(H,19,22). The van der Waals surface area contributed by atoms with E-state index in [1.165, 1.54) is 30.3 Å². The van der Waals surface area contributed by atoms with E-state index in [0.29, 0.717) is 19.8 Å². The van der Waals surface area contributed by atoms with Crippen molar-refractivity contribution in [2.24, 2.45) is 5.84 Å². The van der Waals surface area contributed by atoms with Gasteiger partial charge in [0.25, 0.3) is 10.0 Å². The van der Waals surface area contributed by atoms with Crippen molar-refractivity contribution in [3.63, 3.8) is 0 Å². The molecule has 1 aliphatic rings. The van der Waals surface area contributed by atoms with Crippen molar-refractivity contribution in [3.8, 4) is 5.75 Å². The Morgan fingerprint density at radius 1 is 1.31 bits per heavy atom. The number of phenols is 1. The predicted molar refractivity (Wildman–Crippen MR) is 97.4 cm³/mol. The second-order valence-corrected chi connectivity index (χ2v) is 7.50. The quantitative estimate of drug-likeness (QED) is 0.110. The molecule has 0 aliphatic carbocycles. The van der Waals surface area contributed by atoms with Crippen LogP contribution in [0.3, 0.4) is 0 Å². The molecule has 0 fully saturated rings. The van der Waals surface area contributed by atoms with Crippen LogP contribution in [0, 0.1) is 0 Å². The molecule has 9 nitrogen and oxygen atoms in total. The number of amides is 1. The van der Waals surface area contributed by atoms with E-state index in [1.54, 1.807) is 0 Å². The number of phenolic OH excluding ortho intramolecular Hbond substituents is 1. The van der Waals surface area contributed by atoms with Crippen molar-refractivity contribution >= 4 is 40.3 Å². The number of benzene rings is 2. The highest BCUT2D eigenvalue weighted by Crippen LogP contribution is 2.29. The number of nitrogens with one attached hydrogen (secondary N) is 2. The van der Waals surface area contributed by atoms with E-state index in [0.717, 1.165) is 11.0 Å². The normalized spacial score (nSPS) is 13.0. The molecule has 0 atom stereocenters. The Bertz CT molecular complexity index is 980. The van der Waals surface area contributed by atoms with Gasteiger partial charge in [0.15, 0.2) is 0 Å². The van der Waals surface area contributed by atoms with Crippen molar-refractivity contribution in [1.82, 2.24) is 5.43 Å². The molecular weight excluding hydrogens is 359 g/mol. The molecule has 0 radical (unpaired) electrons. The van der Waals surface area contributed by atoms with E-state index in [1.807, 2.05) is 5.43 Å². The van der Waals surface area contributed by atoms with Crippen LogP contribution in [-0.4, -0.2) is 26.9 Å². The molecule has 0 aromatic heterocycles. The lowest BCUT2D eigenvalue weighted by Gasteiger charge is -2.14. The number of sulfonamides is 1. The van der Waals surface area contributed by atoms with E-state index < -0.39 is 15.9 Å². The Kier molecular flexibility index (Phi) is 4.76. The number of anilines is 2. The van der Waals surface area contributed by atoms with Crippen molar-refractivity contribution in [2.45, 2.75) is 17.9 Å². The molecule has 1 aliphatic heterocycles. The van der Waals surface area contributed by atoms with Crippen LogP contribution < -0.4 is 27.2 Å². The molecule has 0 saturated carbocycles. The molecule has 0 spiro atoms. The van der Waals surface area contributed by atoms with Gasteiger partial charge in [-0.05, 0) is 46.9 Å². The van der Waals surface area contributed by atoms with Crippen LogP contribution in [0.1, 0.15) is 11.1 Å². The maximum atomic E-state index is 12.8. The number of nitrogen functional groups attached to an aromatic ring is 1. The Morgan fingerprint density at radius 2 is 2.08 bits per heavy atom. The number of hydrogen-bond donors (Lipinski definition) is 5. The molecule has 11 heteroatoms. The maximum absolute atomic E-state index is 12.8. The summed E-state index contributed by atoms with van der Waals surface area (Å²) < 4.78 is 33.2. The van der Waals surface area contributed by atoms with Crippen LogP contribution in [0.5, 0.6) is 5.75 Å².